The summed E-state index contributed by atoms with van der Waals surface area (Å²) in [5, 5.41) is 2.83. The quantitative estimate of drug-likeness (QED) is 0.650. The zero-order valence-electron chi connectivity index (χ0n) is 14.9. The molecule has 2 aliphatic rings. The minimum Gasteiger partial charge on any atom is -0.460 e. The molecule has 6 heteroatoms. The van der Waals surface area contributed by atoms with E-state index in [9.17, 15) is 14.4 Å². The van der Waals surface area contributed by atoms with Crippen LogP contribution in [0.2, 0.25) is 0 Å². The van der Waals surface area contributed by atoms with Crippen molar-refractivity contribution in [3.63, 3.8) is 0 Å². The predicted octanol–water partition coefficient (Wildman–Crippen LogP) is 2.74. The van der Waals surface area contributed by atoms with Gasteiger partial charge in [0.15, 0.2) is 0 Å². The molecule has 0 radical (unpaired) electrons. The number of ether oxygens (including phenoxy) is 1. The van der Waals surface area contributed by atoms with Crippen LogP contribution >= 0.6 is 0 Å². The lowest BCUT2D eigenvalue weighted by Crippen LogP contribution is -2.54. The van der Waals surface area contributed by atoms with E-state index in [1.165, 1.54) is 0 Å². The molecular weight excluding hydrogens is 332 g/mol. The summed E-state index contributed by atoms with van der Waals surface area (Å²) in [6, 6.07) is 9.15. The lowest BCUT2D eigenvalue weighted by atomic mass is 9.73. The van der Waals surface area contributed by atoms with Gasteiger partial charge >= 0.3 is 12.0 Å². The molecule has 1 saturated heterocycles. The molecule has 1 saturated carbocycles. The SMILES string of the molecule is C[C@@H]1CCCC[C@@]12NC(=O)N(CC(=O)OC/C=C/c1ccccc1)C2=O. The van der Waals surface area contributed by atoms with Crippen molar-refractivity contribution < 1.29 is 19.1 Å². The molecule has 1 spiro atoms. The number of amides is 3. The molecule has 3 amide bonds. The molecule has 1 aromatic rings. The molecule has 3 rings (SSSR count). The van der Waals surface area contributed by atoms with Gasteiger partial charge in [0, 0.05) is 0 Å². The van der Waals surface area contributed by atoms with E-state index in [1.807, 2.05) is 43.3 Å². The molecule has 1 aromatic carbocycles. The van der Waals surface area contributed by atoms with E-state index in [-0.39, 0.29) is 25.0 Å². The van der Waals surface area contributed by atoms with Crippen molar-refractivity contribution in [1.29, 1.82) is 0 Å². The van der Waals surface area contributed by atoms with Gasteiger partial charge in [0.25, 0.3) is 5.91 Å². The van der Waals surface area contributed by atoms with E-state index in [0.29, 0.717) is 6.42 Å². The van der Waals surface area contributed by atoms with Crippen molar-refractivity contribution >= 4 is 24.0 Å². The van der Waals surface area contributed by atoms with E-state index >= 15 is 0 Å². The van der Waals surface area contributed by atoms with Crippen LogP contribution in [-0.4, -0.2) is 41.5 Å². The highest BCUT2D eigenvalue weighted by atomic mass is 16.5. The Morgan fingerprint density at radius 2 is 2.08 bits per heavy atom. The second-order valence-electron chi connectivity index (χ2n) is 6.94. The van der Waals surface area contributed by atoms with E-state index in [2.05, 4.69) is 5.32 Å². The maximum atomic E-state index is 12.8. The molecule has 1 aliphatic carbocycles. The fourth-order valence-electron chi connectivity index (χ4n) is 3.70. The highest BCUT2D eigenvalue weighted by molar-refractivity contribution is 6.08. The van der Waals surface area contributed by atoms with Gasteiger partial charge in [-0.2, -0.15) is 0 Å². The Morgan fingerprint density at radius 3 is 2.81 bits per heavy atom. The number of esters is 1. The number of carbonyl (C=O) groups is 3. The molecular formula is C20H24N2O4. The number of benzene rings is 1. The van der Waals surface area contributed by atoms with E-state index in [1.54, 1.807) is 6.08 Å². The molecule has 138 valence electrons. The van der Waals surface area contributed by atoms with Crippen LogP contribution in [0.25, 0.3) is 6.08 Å². The third-order valence-corrected chi connectivity index (χ3v) is 5.24. The van der Waals surface area contributed by atoms with Gasteiger partial charge in [0.05, 0.1) is 0 Å². The molecule has 26 heavy (non-hydrogen) atoms. The average molecular weight is 356 g/mol. The first kappa shape index (κ1) is 18.2. The van der Waals surface area contributed by atoms with Crippen LogP contribution in [0.15, 0.2) is 36.4 Å². The van der Waals surface area contributed by atoms with Crippen LogP contribution in [0.3, 0.4) is 0 Å². The fraction of sp³-hybridized carbons (Fsp3) is 0.450. The third kappa shape index (κ3) is 3.64. The van der Waals surface area contributed by atoms with Crippen molar-refractivity contribution in [3.8, 4) is 0 Å². The van der Waals surface area contributed by atoms with Crippen molar-refractivity contribution in [2.45, 2.75) is 38.1 Å². The normalized spacial score (nSPS) is 25.7. The summed E-state index contributed by atoms with van der Waals surface area (Å²) in [4.78, 5) is 38.0. The summed E-state index contributed by atoms with van der Waals surface area (Å²) < 4.78 is 5.13. The second kappa shape index (κ2) is 7.72. The fourth-order valence-corrected chi connectivity index (χ4v) is 3.70. The van der Waals surface area contributed by atoms with Crippen LogP contribution in [0.5, 0.6) is 0 Å². The first-order chi connectivity index (χ1) is 12.5. The monoisotopic (exact) mass is 356 g/mol. The summed E-state index contributed by atoms with van der Waals surface area (Å²) >= 11 is 0. The Labute approximate surface area is 153 Å². The number of nitrogens with zero attached hydrogens (tertiary/aromatic N) is 1. The number of imide groups is 1. The Kier molecular flexibility index (Phi) is 5.40. The van der Waals surface area contributed by atoms with Crippen LogP contribution < -0.4 is 5.32 Å². The van der Waals surface area contributed by atoms with Crippen molar-refractivity contribution in [2.24, 2.45) is 5.92 Å². The minimum absolute atomic E-state index is 0.0718. The zero-order valence-corrected chi connectivity index (χ0v) is 14.9. The smallest absolute Gasteiger partial charge is 0.326 e. The van der Waals surface area contributed by atoms with E-state index < -0.39 is 17.5 Å². The number of hydrogen-bond acceptors (Lipinski definition) is 4. The van der Waals surface area contributed by atoms with Crippen LogP contribution in [-0.2, 0) is 14.3 Å². The van der Waals surface area contributed by atoms with Gasteiger partial charge in [0.2, 0.25) is 0 Å². The first-order valence-electron chi connectivity index (χ1n) is 9.04. The van der Waals surface area contributed by atoms with E-state index in [0.717, 1.165) is 29.7 Å². The lowest BCUT2D eigenvalue weighted by molar-refractivity contribution is -0.147. The molecule has 2 fully saturated rings. The second-order valence-corrected chi connectivity index (χ2v) is 6.94. The molecule has 1 heterocycles. The number of hydrogen-bond donors (Lipinski definition) is 1. The Hall–Kier alpha value is -2.63. The Balaban J connectivity index is 1.53. The number of urea groups is 1. The number of rotatable bonds is 5. The van der Waals surface area contributed by atoms with Gasteiger partial charge in [-0.25, -0.2) is 4.79 Å². The topological polar surface area (TPSA) is 75.7 Å². The average Bonchev–Trinajstić information content (AvgIpc) is 2.87. The zero-order chi connectivity index (χ0) is 18.6. The Morgan fingerprint density at radius 1 is 1.31 bits per heavy atom. The molecule has 0 bridgehead atoms. The number of nitrogens with one attached hydrogen (secondary N) is 1. The molecule has 6 nitrogen and oxygen atoms in total. The third-order valence-electron chi connectivity index (χ3n) is 5.24. The Bertz CT molecular complexity index is 716. The van der Waals surface area contributed by atoms with Gasteiger partial charge in [0.1, 0.15) is 18.7 Å². The van der Waals surface area contributed by atoms with Crippen LogP contribution in [0, 0.1) is 5.92 Å². The van der Waals surface area contributed by atoms with Gasteiger partial charge < -0.3 is 10.1 Å². The molecule has 1 N–H and O–H groups in total. The van der Waals surface area contributed by atoms with Gasteiger partial charge in [-0.05, 0) is 30.4 Å². The van der Waals surface area contributed by atoms with Crippen molar-refractivity contribution in [2.75, 3.05) is 13.2 Å². The lowest BCUT2D eigenvalue weighted by Gasteiger charge is -2.36. The number of carbonyl (C=O) groups excluding carboxylic acids is 3. The first-order valence-corrected chi connectivity index (χ1v) is 9.04. The van der Waals surface area contributed by atoms with Gasteiger partial charge in [-0.3, -0.25) is 14.5 Å². The summed E-state index contributed by atoms with van der Waals surface area (Å²) in [6.45, 7) is 1.73. The molecule has 0 unspecified atom stereocenters. The summed E-state index contributed by atoms with van der Waals surface area (Å²) in [5.74, 6) is -0.819. The highest BCUT2D eigenvalue weighted by Crippen LogP contribution is 2.38. The maximum absolute atomic E-state index is 12.8. The van der Waals surface area contributed by atoms with Crippen LogP contribution in [0.4, 0.5) is 4.79 Å². The summed E-state index contributed by atoms with van der Waals surface area (Å²) in [6.07, 6.45) is 7.06. The molecule has 1 aliphatic heterocycles. The van der Waals surface area contributed by atoms with Gasteiger partial charge in [-0.15, -0.1) is 0 Å². The summed E-state index contributed by atoms with van der Waals surface area (Å²) in [5.41, 5.74) is 0.161. The van der Waals surface area contributed by atoms with Crippen molar-refractivity contribution in [3.05, 3.63) is 42.0 Å². The minimum atomic E-state index is -0.844. The standard InChI is InChI=1S/C20H24N2O4/c1-15-8-5-6-12-20(15)18(24)22(19(25)21-20)14-17(23)26-13-7-11-16-9-3-2-4-10-16/h2-4,7,9-11,15H,5-6,8,12-14H2,1H3,(H,21,25)/b11-7+/t15-,20-/m1/s1. The largest absolute Gasteiger partial charge is 0.460 e. The molecule has 2 atom stereocenters. The van der Waals surface area contributed by atoms with Gasteiger partial charge in [-0.1, -0.05) is 56.2 Å². The molecule has 0 aromatic heterocycles. The maximum Gasteiger partial charge on any atom is 0.326 e. The van der Waals surface area contributed by atoms with E-state index in [4.69, 9.17) is 4.74 Å². The summed E-state index contributed by atoms with van der Waals surface area (Å²) in [7, 11) is 0. The van der Waals surface area contributed by atoms with Crippen LogP contribution in [0.1, 0.15) is 38.2 Å². The predicted molar refractivity (Wildman–Crippen MR) is 97.0 cm³/mol. The van der Waals surface area contributed by atoms with Crippen molar-refractivity contribution in [1.82, 2.24) is 10.2 Å². The highest BCUT2D eigenvalue weighted by Gasteiger charge is 2.55.